The summed E-state index contributed by atoms with van der Waals surface area (Å²) in [6.07, 6.45) is 0.846. The van der Waals surface area contributed by atoms with Crippen LogP contribution in [-0.2, 0) is 9.59 Å². The number of rotatable bonds is 7. The van der Waals surface area contributed by atoms with Crippen molar-refractivity contribution < 1.29 is 14.4 Å². The van der Waals surface area contributed by atoms with Gasteiger partial charge in [0.2, 0.25) is 11.8 Å². The Morgan fingerprint density at radius 2 is 2.00 bits per heavy atom. The predicted octanol–water partition coefficient (Wildman–Crippen LogP) is 3.42. The van der Waals surface area contributed by atoms with Gasteiger partial charge in [-0.15, -0.1) is 11.8 Å². The molecular formula is C21H25N3O3S2. The molecule has 2 aromatic rings. The fraction of sp³-hybridized carbons (Fsp3) is 0.381. The van der Waals surface area contributed by atoms with E-state index in [9.17, 15) is 14.4 Å². The van der Waals surface area contributed by atoms with Gasteiger partial charge in [0.1, 0.15) is 6.04 Å². The lowest BCUT2D eigenvalue weighted by Crippen LogP contribution is -2.44. The van der Waals surface area contributed by atoms with Crippen molar-refractivity contribution in [2.24, 2.45) is 0 Å². The van der Waals surface area contributed by atoms with Gasteiger partial charge in [-0.25, -0.2) is 0 Å². The summed E-state index contributed by atoms with van der Waals surface area (Å²) < 4.78 is 0. The molecule has 1 aliphatic heterocycles. The molecule has 0 saturated carbocycles. The van der Waals surface area contributed by atoms with Crippen LogP contribution in [0.15, 0.2) is 35.0 Å². The van der Waals surface area contributed by atoms with Crippen LogP contribution in [0.5, 0.6) is 0 Å². The summed E-state index contributed by atoms with van der Waals surface area (Å²) in [4.78, 5) is 38.9. The molecule has 154 valence electrons. The maximum atomic E-state index is 12.7. The van der Waals surface area contributed by atoms with E-state index in [1.807, 2.05) is 37.4 Å². The molecule has 29 heavy (non-hydrogen) atoms. The summed E-state index contributed by atoms with van der Waals surface area (Å²) in [7, 11) is 0. The van der Waals surface area contributed by atoms with E-state index < -0.39 is 6.04 Å². The number of benzene rings is 1. The van der Waals surface area contributed by atoms with Gasteiger partial charge in [0.25, 0.3) is 5.91 Å². The van der Waals surface area contributed by atoms with E-state index in [-0.39, 0.29) is 17.7 Å². The first-order valence-corrected chi connectivity index (χ1v) is 11.6. The fourth-order valence-corrected chi connectivity index (χ4v) is 4.85. The molecule has 2 heterocycles. The van der Waals surface area contributed by atoms with E-state index in [0.717, 1.165) is 11.3 Å². The zero-order chi connectivity index (χ0) is 20.8. The molecule has 1 atom stereocenters. The highest BCUT2D eigenvalue weighted by Crippen LogP contribution is 2.24. The summed E-state index contributed by atoms with van der Waals surface area (Å²) in [5.74, 6) is 0.779. The summed E-state index contributed by atoms with van der Waals surface area (Å²) in [6.45, 7) is 4.46. The SMILES string of the molecule is Cc1ccc(NC(=O)C2CSCN2C(=O)CCCNC(=O)c2ccsc2)cc1C. The minimum absolute atomic E-state index is 0.0555. The van der Waals surface area contributed by atoms with Gasteiger partial charge in [-0.1, -0.05) is 6.07 Å². The lowest BCUT2D eigenvalue weighted by atomic mass is 10.1. The molecule has 1 unspecified atom stereocenters. The van der Waals surface area contributed by atoms with Crippen molar-refractivity contribution in [3.63, 3.8) is 0 Å². The molecule has 1 aromatic carbocycles. The van der Waals surface area contributed by atoms with Crippen LogP contribution in [0.2, 0.25) is 0 Å². The molecule has 8 heteroatoms. The first-order valence-electron chi connectivity index (χ1n) is 9.51. The molecule has 1 aliphatic rings. The van der Waals surface area contributed by atoms with Crippen LogP contribution in [0.25, 0.3) is 0 Å². The summed E-state index contributed by atoms with van der Waals surface area (Å²) in [6, 6.07) is 7.10. The summed E-state index contributed by atoms with van der Waals surface area (Å²) >= 11 is 3.05. The Hall–Kier alpha value is -2.32. The number of anilines is 1. The van der Waals surface area contributed by atoms with Gasteiger partial charge < -0.3 is 15.5 Å². The van der Waals surface area contributed by atoms with Crippen LogP contribution >= 0.6 is 23.1 Å². The van der Waals surface area contributed by atoms with Crippen LogP contribution in [0, 0.1) is 13.8 Å². The van der Waals surface area contributed by atoms with Gasteiger partial charge in [0.05, 0.1) is 5.88 Å². The lowest BCUT2D eigenvalue weighted by molar-refractivity contribution is -0.136. The largest absolute Gasteiger partial charge is 0.352 e. The minimum Gasteiger partial charge on any atom is -0.352 e. The molecule has 1 fully saturated rings. The quantitative estimate of drug-likeness (QED) is 0.659. The third kappa shape index (κ3) is 5.61. The van der Waals surface area contributed by atoms with Crippen molar-refractivity contribution in [1.82, 2.24) is 10.2 Å². The van der Waals surface area contributed by atoms with E-state index in [4.69, 9.17) is 0 Å². The highest BCUT2D eigenvalue weighted by molar-refractivity contribution is 7.99. The number of nitrogens with one attached hydrogen (secondary N) is 2. The van der Waals surface area contributed by atoms with E-state index >= 15 is 0 Å². The van der Waals surface area contributed by atoms with Crippen LogP contribution < -0.4 is 10.6 Å². The van der Waals surface area contributed by atoms with Gasteiger partial charge in [-0.3, -0.25) is 14.4 Å². The monoisotopic (exact) mass is 431 g/mol. The summed E-state index contributed by atoms with van der Waals surface area (Å²) in [5.41, 5.74) is 3.67. The van der Waals surface area contributed by atoms with E-state index in [1.165, 1.54) is 16.9 Å². The second-order valence-electron chi connectivity index (χ2n) is 7.04. The first kappa shape index (κ1) is 21.4. The number of thiophene rings is 1. The molecule has 6 nitrogen and oxygen atoms in total. The standard InChI is InChI=1S/C21H25N3O3S2/c1-14-5-6-17(10-15(14)2)23-21(27)18-12-29-13-24(18)19(25)4-3-8-22-20(26)16-7-9-28-11-16/h5-7,9-11,18H,3-4,8,12-13H2,1-2H3,(H,22,26)(H,23,27). The highest BCUT2D eigenvalue weighted by atomic mass is 32.2. The average molecular weight is 432 g/mol. The number of thioether (sulfide) groups is 1. The highest BCUT2D eigenvalue weighted by Gasteiger charge is 2.34. The molecule has 0 bridgehead atoms. The molecule has 2 N–H and O–H groups in total. The molecular weight excluding hydrogens is 406 g/mol. The molecule has 3 amide bonds. The topological polar surface area (TPSA) is 78.5 Å². The van der Waals surface area contributed by atoms with Crippen molar-refractivity contribution >= 4 is 46.5 Å². The Kier molecular flexibility index (Phi) is 7.33. The van der Waals surface area contributed by atoms with Gasteiger partial charge >= 0.3 is 0 Å². The number of nitrogens with zero attached hydrogens (tertiary/aromatic N) is 1. The van der Waals surface area contributed by atoms with E-state index in [1.54, 1.807) is 28.1 Å². The maximum Gasteiger partial charge on any atom is 0.252 e. The van der Waals surface area contributed by atoms with Crippen molar-refractivity contribution in [2.45, 2.75) is 32.7 Å². The van der Waals surface area contributed by atoms with E-state index in [2.05, 4.69) is 10.6 Å². The normalized spacial score (nSPS) is 15.9. The number of amides is 3. The Balaban J connectivity index is 1.47. The minimum atomic E-state index is -0.463. The third-order valence-corrected chi connectivity index (χ3v) is 6.61. The van der Waals surface area contributed by atoms with Crippen LogP contribution in [-0.4, -0.2) is 46.8 Å². The smallest absolute Gasteiger partial charge is 0.252 e. The number of hydrogen-bond acceptors (Lipinski definition) is 5. The lowest BCUT2D eigenvalue weighted by Gasteiger charge is -2.23. The van der Waals surface area contributed by atoms with Crippen molar-refractivity contribution in [2.75, 3.05) is 23.5 Å². The van der Waals surface area contributed by atoms with Crippen molar-refractivity contribution in [3.8, 4) is 0 Å². The van der Waals surface area contributed by atoms with Gasteiger partial charge in [-0.05, 0) is 55.0 Å². The van der Waals surface area contributed by atoms with Gasteiger partial charge in [-0.2, -0.15) is 11.3 Å². The van der Waals surface area contributed by atoms with Gasteiger partial charge in [0.15, 0.2) is 0 Å². The Morgan fingerprint density at radius 3 is 2.72 bits per heavy atom. The first-order chi connectivity index (χ1) is 14.0. The summed E-state index contributed by atoms with van der Waals surface area (Å²) in [5, 5.41) is 9.40. The number of hydrogen-bond donors (Lipinski definition) is 2. The fourth-order valence-electron chi connectivity index (χ4n) is 3.03. The Morgan fingerprint density at radius 1 is 1.17 bits per heavy atom. The van der Waals surface area contributed by atoms with Crippen molar-refractivity contribution in [1.29, 1.82) is 0 Å². The molecule has 0 aliphatic carbocycles. The molecule has 1 saturated heterocycles. The van der Waals surface area contributed by atoms with Crippen molar-refractivity contribution in [3.05, 3.63) is 51.7 Å². The van der Waals surface area contributed by atoms with Gasteiger partial charge in [0, 0.05) is 35.3 Å². The third-order valence-electron chi connectivity index (χ3n) is 4.92. The predicted molar refractivity (Wildman–Crippen MR) is 118 cm³/mol. The zero-order valence-electron chi connectivity index (χ0n) is 16.6. The molecule has 1 aromatic heterocycles. The number of carbonyl (C=O) groups is 3. The van der Waals surface area contributed by atoms with Crippen LogP contribution in [0.3, 0.4) is 0 Å². The second-order valence-corrected chi connectivity index (χ2v) is 8.82. The Bertz CT molecular complexity index is 883. The molecule has 3 rings (SSSR count). The zero-order valence-corrected chi connectivity index (χ0v) is 18.2. The van der Waals surface area contributed by atoms with Crippen LogP contribution in [0.1, 0.15) is 34.3 Å². The van der Waals surface area contributed by atoms with E-state index in [0.29, 0.717) is 36.6 Å². The molecule has 0 spiro atoms. The average Bonchev–Trinajstić information content (AvgIpc) is 3.39. The maximum absolute atomic E-state index is 12.7. The molecule has 0 radical (unpaired) electrons. The number of aryl methyl sites for hydroxylation is 2. The van der Waals surface area contributed by atoms with Crippen LogP contribution in [0.4, 0.5) is 5.69 Å². The Labute approximate surface area is 179 Å². The second kappa shape index (κ2) is 9.93. The number of carbonyl (C=O) groups excluding carboxylic acids is 3.